The summed E-state index contributed by atoms with van der Waals surface area (Å²) in [4.78, 5) is 13.5. The summed E-state index contributed by atoms with van der Waals surface area (Å²) in [5.41, 5.74) is 0. The minimum atomic E-state index is -1.98. The molecule has 19 nitrogen and oxygen atoms in total. The van der Waals surface area contributed by atoms with Crippen LogP contribution in [0.5, 0.6) is 0 Å². The number of aliphatic hydroxyl groups is 11. The summed E-state index contributed by atoms with van der Waals surface area (Å²) in [7, 11) is 0. The Morgan fingerprint density at radius 2 is 0.577 bits per heavy atom. The summed E-state index contributed by atoms with van der Waals surface area (Å²) in [6.45, 7) is 1.80. The Morgan fingerprint density at radius 3 is 0.901 bits per heavy atom. The number of allylic oxidation sites excluding steroid dienone is 3. The molecule has 17 atom stereocenters. The molecular weight excluding hydrogens is 1410 g/mol. The maximum Gasteiger partial charge on any atom is 0.220 e. The van der Waals surface area contributed by atoms with E-state index >= 15 is 0 Å². The van der Waals surface area contributed by atoms with Crippen molar-refractivity contribution in [2.45, 2.75) is 529 Å². The lowest BCUT2D eigenvalue weighted by Gasteiger charge is -2.48. The van der Waals surface area contributed by atoms with Gasteiger partial charge in [-0.3, -0.25) is 4.79 Å². The van der Waals surface area contributed by atoms with Gasteiger partial charge in [0.15, 0.2) is 18.9 Å². The van der Waals surface area contributed by atoms with Crippen molar-refractivity contribution in [2.24, 2.45) is 0 Å². The Balaban J connectivity index is 1.29. The van der Waals surface area contributed by atoms with Crippen molar-refractivity contribution in [3.05, 3.63) is 24.3 Å². The van der Waals surface area contributed by atoms with Crippen LogP contribution in [-0.2, 0) is 33.2 Å². The fourth-order valence-electron chi connectivity index (χ4n) is 16.3. The van der Waals surface area contributed by atoms with Crippen molar-refractivity contribution in [1.82, 2.24) is 5.32 Å². The van der Waals surface area contributed by atoms with E-state index in [0.717, 1.165) is 38.5 Å². The van der Waals surface area contributed by atoms with Crippen LogP contribution < -0.4 is 5.32 Å². The molecule has 111 heavy (non-hydrogen) atoms. The summed E-state index contributed by atoms with van der Waals surface area (Å²) in [5, 5.41) is 121. The van der Waals surface area contributed by atoms with Gasteiger partial charge < -0.3 is 89.9 Å². The van der Waals surface area contributed by atoms with Gasteiger partial charge in [-0.05, 0) is 32.1 Å². The molecule has 0 aliphatic carbocycles. The number of amides is 1. The molecule has 3 aliphatic heterocycles. The van der Waals surface area contributed by atoms with Crippen molar-refractivity contribution in [1.29, 1.82) is 0 Å². The summed E-state index contributed by atoms with van der Waals surface area (Å²) < 4.78 is 34.5. The Labute approximate surface area is 677 Å². The Bertz CT molecular complexity index is 2090. The number of ether oxygens (including phenoxy) is 6. The van der Waals surface area contributed by atoms with Crippen LogP contribution in [0.25, 0.3) is 0 Å². The molecular formula is C92H175NO18. The minimum absolute atomic E-state index is 0.241. The molecule has 0 saturated carbocycles. The molecule has 0 spiro atoms. The van der Waals surface area contributed by atoms with Gasteiger partial charge in [-0.2, -0.15) is 0 Å². The van der Waals surface area contributed by atoms with Crippen LogP contribution >= 0.6 is 0 Å². The molecule has 0 aromatic carbocycles. The fraction of sp³-hybridized carbons (Fsp3) is 0.946. The second-order valence-electron chi connectivity index (χ2n) is 33.8. The minimum Gasteiger partial charge on any atom is -0.394 e. The van der Waals surface area contributed by atoms with Crippen LogP contribution in [-0.4, -0.2) is 193 Å². The number of carbonyl (C=O) groups is 1. The third-order valence-electron chi connectivity index (χ3n) is 23.8. The lowest BCUT2D eigenvalue weighted by molar-refractivity contribution is -0.379. The second-order valence-corrected chi connectivity index (χ2v) is 33.8. The SMILES string of the molecule is CCCCCCCCCCCCCCCCCCCCC/C=C/CC/C=C/C(O)C(COC1OC(CO)C(OC2OC(CO)C(OC3OC(CO)C(O)C(O)C3O)C(O)C2O)C(O)C1O)NC(=O)CCCCCCCCCCCCCCCCCCCCCCCCCCCCCCCCCCCCCCCCCCC. The Hall–Kier alpha value is -1.73. The molecule has 3 rings (SSSR count). The smallest absolute Gasteiger partial charge is 0.220 e. The predicted octanol–water partition coefficient (Wildman–Crippen LogP) is 18.4. The van der Waals surface area contributed by atoms with E-state index in [9.17, 15) is 61.0 Å². The van der Waals surface area contributed by atoms with E-state index in [0.29, 0.717) is 12.8 Å². The molecule has 19 heteroatoms. The largest absolute Gasteiger partial charge is 0.394 e. The highest BCUT2D eigenvalue weighted by molar-refractivity contribution is 5.76. The third-order valence-corrected chi connectivity index (χ3v) is 23.8. The standard InChI is InChI=1S/C92H175NO18/c1-3-5-7-9-11-13-15-17-19-21-23-25-27-29-30-31-32-33-34-35-36-37-38-39-40-41-42-43-44-46-48-50-52-54-56-58-60-62-64-66-68-70-80(98)93-75(76(97)69-67-65-63-61-59-57-55-53-51-49-47-45-28-26-24-22-20-18-16-14-12-10-8-6-4-2)74-106-90-86(104)83(101)88(78(72-95)108-90)111-92-87(105)84(102)89(79(73-96)109-92)110-91-85(103)82(100)81(99)77(71-94)107-91/h59,61,67,69,75-79,81-92,94-97,99-105H,3-58,60,62-66,68,70-74H2,1-2H3,(H,93,98)/b61-59+,69-67+. The number of carbonyl (C=O) groups excluding carboxylic acids is 1. The Kier molecular flexibility index (Phi) is 67.4. The second kappa shape index (κ2) is 72.3. The average molecular weight is 1580 g/mol. The van der Waals surface area contributed by atoms with Crippen LogP contribution in [0.2, 0.25) is 0 Å². The molecule has 0 bridgehead atoms. The first-order chi connectivity index (χ1) is 54.3. The van der Waals surface area contributed by atoms with Crippen LogP contribution in [0, 0.1) is 0 Å². The first-order valence-corrected chi connectivity index (χ1v) is 47.1. The van der Waals surface area contributed by atoms with Gasteiger partial charge in [-0.1, -0.05) is 411 Å². The quantitative estimate of drug-likeness (QED) is 0.0199. The summed E-state index contributed by atoms with van der Waals surface area (Å²) in [6.07, 6.45) is 65.1. The first kappa shape index (κ1) is 103. The van der Waals surface area contributed by atoms with E-state index < -0.39 is 124 Å². The number of unbranched alkanes of at least 4 members (excludes halogenated alkanes) is 60. The molecule has 12 N–H and O–H groups in total. The first-order valence-electron chi connectivity index (χ1n) is 47.1. The van der Waals surface area contributed by atoms with E-state index in [4.69, 9.17) is 28.4 Å². The zero-order chi connectivity index (χ0) is 80.3. The summed E-state index contributed by atoms with van der Waals surface area (Å²) in [5.74, 6) is -0.275. The van der Waals surface area contributed by atoms with Gasteiger partial charge in [0.2, 0.25) is 5.91 Å². The maximum absolute atomic E-state index is 13.5. The highest BCUT2D eigenvalue weighted by atomic mass is 16.8. The summed E-state index contributed by atoms with van der Waals surface area (Å²) in [6, 6.07) is -0.989. The molecule has 3 heterocycles. The van der Waals surface area contributed by atoms with Crippen LogP contribution in [0.1, 0.15) is 425 Å². The summed E-state index contributed by atoms with van der Waals surface area (Å²) >= 11 is 0. The van der Waals surface area contributed by atoms with Gasteiger partial charge in [0.1, 0.15) is 73.2 Å². The van der Waals surface area contributed by atoms with E-state index in [1.54, 1.807) is 6.08 Å². The predicted molar refractivity (Wildman–Crippen MR) is 448 cm³/mol. The monoisotopic (exact) mass is 1580 g/mol. The number of hydrogen-bond donors (Lipinski definition) is 12. The topological polar surface area (TPSA) is 307 Å². The fourth-order valence-corrected chi connectivity index (χ4v) is 16.3. The van der Waals surface area contributed by atoms with Crippen LogP contribution in [0.15, 0.2) is 24.3 Å². The number of nitrogens with one attached hydrogen (secondary N) is 1. The van der Waals surface area contributed by atoms with Crippen molar-refractivity contribution >= 4 is 5.91 Å². The van der Waals surface area contributed by atoms with Gasteiger partial charge >= 0.3 is 0 Å². The Morgan fingerprint density at radius 1 is 0.315 bits per heavy atom. The molecule has 3 fully saturated rings. The number of rotatable bonds is 78. The number of aliphatic hydroxyl groups excluding tert-OH is 11. The highest BCUT2D eigenvalue weighted by Gasteiger charge is 2.54. The number of hydrogen-bond acceptors (Lipinski definition) is 18. The zero-order valence-electron chi connectivity index (χ0n) is 71.0. The van der Waals surface area contributed by atoms with Gasteiger partial charge in [0.05, 0.1) is 38.6 Å². The molecule has 0 aromatic rings. The van der Waals surface area contributed by atoms with E-state index in [1.807, 2.05) is 6.08 Å². The highest BCUT2D eigenvalue weighted by Crippen LogP contribution is 2.34. The van der Waals surface area contributed by atoms with Gasteiger partial charge in [0.25, 0.3) is 0 Å². The van der Waals surface area contributed by atoms with Crippen LogP contribution in [0.4, 0.5) is 0 Å². The lowest BCUT2D eigenvalue weighted by Crippen LogP contribution is -2.66. The average Bonchev–Trinajstić information content (AvgIpc) is 0.780. The zero-order valence-corrected chi connectivity index (χ0v) is 71.0. The van der Waals surface area contributed by atoms with Crippen molar-refractivity contribution in [2.75, 3.05) is 26.4 Å². The van der Waals surface area contributed by atoms with Gasteiger partial charge in [-0.25, -0.2) is 0 Å². The van der Waals surface area contributed by atoms with Crippen LogP contribution in [0.3, 0.4) is 0 Å². The van der Waals surface area contributed by atoms with Crippen molar-refractivity contribution in [3.8, 4) is 0 Å². The third kappa shape index (κ3) is 50.7. The maximum atomic E-state index is 13.5. The van der Waals surface area contributed by atoms with Gasteiger partial charge in [-0.15, -0.1) is 0 Å². The molecule has 3 saturated heterocycles. The van der Waals surface area contributed by atoms with E-state index in [1.165, 1.54) is 353 Å². The molecule has 17 unspecified atom stereocenters. The van der Waals surface area contributed by atoms with Gasteiger partial charge in [0, 0.05) is 6.42 Å². The normalized spacial score (nSPS) is 25.1. The van der Waals surface area contributed by atoms with Crippen molar-refractivity contribution < 1.29 is 89.4 Å². The van der Waals surface area contributed by atoms with Crippen molar-refractivity contribution in [3.63, 3.8) is 0 Å². The molecule has 1 amide bonds. The lowest BCUT2D eigenvalue weighted by atomic mass is 9.96. The van der Waals surface area contributed by atoms with E-state index in [-0.39, 0.29) is 18.9 Å². The van der Waals surface area contributed by atoms with E-state index in [2.05, 4.69) is 31.3 Å². The molecule has 0 aromatic heterocycles. The molecule has 656 valence electrons. The molecule has 3 aliphatic rings. The molecule has 0 radical (unpaired) electrons.